The number of ketones is 1. The predicted molar refractivity (Wildman–Crippen MR) is 124 cm³/mol. The van der Waals surface area contributed by atoms with E-state index in [0.717, 1.165) is 11.1 Å². The minimum absolute atomic E-state index is 0.186. The normalized spacial score (nSPS) is 21.7. The Labute approximate surface area is 199 Å². The van der Waals surface area contributed by atoms with Crippen LogP contribution in [0.15, 0.2) is 24.3 Å². The molecule has 186 valence electrons. The highest BCUT2D eigenvalue weighted by molar-refractivity contribution is 5.97. The summed E-state index contributed by atoms with van der Waals surface area (Å²) in [6.45, 7) is 7.93. The fraction of sp³-hybridized carbons (Fsp3) is 0.583. The molecule has 0 saturated carbocycles. The van der Waals surface area contributed by atoms with E-state index in [0.29, 0.717) is 39.3 Å². The number of morpholine rings is 1. The van der Waals surface area contributed by atoms with Crippen LogP contribution in [0.5, 0.6) is 0 Å². The largest absolute Gasteiger partial charge is 0.379 e. The summed E-state index contributed by atoms with van der Waals surface area (Å²) in [5, 5.41) is 7.89. The smallest absolute Gasteiger partial charge is 0.242 e. The molecule has 0 aliphatic carbocycles. The Balaban J connectivity index is 1.47. The zero-order chi connectivity index (χ0) is 24.7. The Morgan fingerprint density at radius 2 is 1.71 bits per heavy atom. The fourth-order valence-electron chi connectivity index (χ4n) is 3.67. The number of benzene rings is 1. The summed E-state index contributed by atoms with van der Waals surface area (Å²) in [7, 11) is 0. The summed E-state index contributed by atoms with van der Waals surface area (Å²) in [4.78, 5) is 51.9. The maximum Gasteiger partial charge on any atom is 0.242 e. The zero-order valence-electron chi connectivity index (χ0n) is 20.0. The Bertz CT molecular complexity index is 893. The zero-order valence-corrected chi connectivity index (χ0v) is 20.0. The number of aryl methyl sites for hydroxylation is 1. The first kappa shape index (κ1) is 25.8. The summed E-state index contributed by atoms with van der Waals surface area (Å²) in [6, 6.07) is 6.16. The van der Waals surface area contributed by atoms with E-state index in [1.165, 1.54) is 0 Å². The third kappa shape index (κ3) is 7.61. The molecule has 2 saturated heterocycles. The van der Waals surface area contributed by atoms with Crippen molar-refractivity contribution in [2.24, 2.45) is 0 Å². The summed E-state index contributed by atoms with van der Waals surface area (Å²) in [5.41, 5.74) is 1.13. The van der Waals surface area contributed by atoms with Gasteiger partial charge in [0.15, 0.2) is 5.78 Å². The molecule has 3 atom stereocenters. The van der Waals surface area contributed by atoms with Gasteiger partial charge in [0.2, 0.25) is 17.7 Å². The number of hydrogen-bond acceptors (Lipinski definition) is 7. The van der Waals surface area contributed by atoms with Gasteiger partial charge in [-0.25, -0.2) is 0 Å². The van der Waals surface area contributed by atoms with Crippen LogP contribution in [0.4, 0.5) is 0 Å². The summed E-state index contributed by atoms with van der Waals surface area (Å²) in [5.74, 6) is -1.44. The second kappa shape index (κ2) is 11.5. The topological polar surface area (TPSA) is 129 Å². The van der Waals surface area contributed by atoms with Crippen LogP contribution in [0.2, 0.25) is 0 Å². The molecule has 2 aliphatic heterocycles. The molecule has 0 radical (unpaired) electrons. The maximum absolute atomic E-state index is 12.9. The standard InChI is InChI=1S/C24H34N4O6/c1-16-4-6-18(7-5-16)12-19(22(31)24(3)15-34-24)27-20(29)13-25-23(32)17(2)26-21(30)14-28-8-10-33-11-9-28/h4-7,17,19H,8-15H2,1-3H3,(H,25,32)(H,26,30)(H,27,29)/t17?,19?,24-/m1/s1. The lowest BCUT2D eigenvalue weighted by molar-refractivity contribution is -0.132. The molecule has 1 aromatic carbocycles. The van der Waals surface area contributed by atoms with Gasteiger partial charge in [-0.15, -0.1) is 0 Å². The van der Waals surface area contributed by atoms with Crippen LogP contribution in [0.25, 0.3) is 0 Å². The first-order valence-corrected chi connectivity index (χ1v) is 11.6. The number of nitrogens with one attached hydrogen (secondary N) is 3. The third-order valence-electron chi connectivity index (χ3n) is 5.98. The summed E-state index contributed by atoms with van der Waals surface area (Å²) >= 11 is 0. The minimum Gasteiger partial charge on any atom is -0.379 e. The number of hydrogen-bond donors (Lipinski definition) is 3. The molecule has 2 aliphatic rings. The summed E-state index contributed by atoms with van der Waals surface area (Å²) in [6.07, 6.45) is 0.325. The highest BCUT2D eigenvalue weighted by Crippen LogP contribution is 2.29. The lowest BCUT2D eigenvalue weighted by Crippen LogP contribution is -2.53. The van der Waals surface area contributed by atoms with Gasteiger partial charge in [0.05, 0.1) is 39.0 Å². The van der Waals surface area contributed by atoms with Gasteiger partial charge in [0.25, 0.3) is 0 Å². The van der Waals surface area contributed by atoms with Crippen LogP contribution < -0.4 is 16.0 Å². The number of ether oxygens (including phenoxy) is 2. The number of amides is 3. The average molecular weight is 475 g/mol. The molecular formula is C24H34N4O6. The van der Waals surface area contributed by atoms with Crippen molar-refractivity contribution in [3.05, 3.63) is 35.4 Å². The van der Waals surface area contributed by atoms with Gasteiger partial charge >= 0.3 is 0 Å². The quantitative estimate of drug-likeness (QED) is 0.363. The Morgan fingerprint density at radius 3 is 2.32 bits per heavy atom. The molecule has 10 heteroatoms. The number of Topliss-reactive ketones (excluding diaryl/α,β-unsaturated/α-hetero) is 1. The van der Waals surface area contributed by atoms with Gasteiger partial charge in [-0.3, -0.25) is 24.1 Å². The van der Waals surface area contributed by atoms with Gasteiger partial charge in [0, 0.05) is 13.1 Å². The molecule has 0 bridgehead atoms. The van der Waals surface area contributed by atoms with E-state index < -0.39 is 29.5 Å². The SMILES string of the molecule is Cc1ccc(CC(NC(=O)CNC(=O)C(C)NC(=O)CN2CCOCC2)C(=O)[C@@]2(C)CO2)cc1. The Hall–Kier alpha value is -2.82. The first-order chi connectivity index (χ1) is 16.2. The Morgan fingerprint density at radius 1 is 1.06 bits per heavy atom. The molecule has 34 heavy (non-hydrogen) atoms. The molecule has 3 N–H and O–H groups in total. The molecular weight excluding hydrogens is 440 g/mol. The number of rotatable bonds is 11. The van der Waals surface area contributed by atoms with Crippen molar-refractivity contribution < 1.29 is 28.7 Å². The number of carbonyl (C=O) groups excluding carboxylic acids is 4. The monoisotopic (exact) mass is 474 g/mol. The van der Waals surface area contributed by atoms with E-state index in [-0.39, 0.29) is 24.8 Å². The molecule has 10 nitrogen and oxygen atoms in total. The minimum atomic E-state index is -0.884. The van der Waals surface area contributed by atoms with Gasteiger partial charge in [-0.05, 0) is 32.8 Å². The van der Waals surface area contributed by atoms with Crippen LogP contribution in [0.1, 0.15) is 25.0 Å². The second-order valence-electron chi connectivity index (χ2n) is 9.09. The van der Waals surface area contributed by atoms with Crippen molar-refractivity contribution in [3.8, 4) is 0 Å². The van der Waals surface area contributed by atoms with E-state index in [4.69, 9.17) is 9.47 Å². The number of carbonyl (C=O) groups is 4. The van der Waals surface area contributed by atoms with Crippen molar-refractivity contribution in [2.75, 3.05) is 46.0 Å². The van der Waals surface area contributed by atoms with Crippen molar-refractivity contribution in [1.29, 1.82) is 0 Å². The van der Waals surface area contributed by atoms with E-state index in [9.17, 15) is 19.2 Å². The molecule has 2 unspecified atom stereocenters. The van der Waals surface area contributed by atoms with Crippen molar-refractivity contribution in [1.82, 2.24) is 20.9 Å². The van der Waals surface area contributed by atoms with E-state index in [1.807, 2.05) is 36.1 Å². The van der Waals surface area contributed by atoms with Crippen LogP contribution in [0.3, 0.4) is 0 Å². The third-order valence-corrected chi connectivity index (χ3v) is 5.98. The molecule has 2 fully saturated rings. The van der Waals surface area contributed by atoms with Crippen LogP contribution >= 0.6 is 0 Å². The predicted octanol–water partition coefficient (Wildman–Crippen LogP) is -0.667. The van der Waals surface area contributed by atoms with Crippen LogP contribution in [-0.4, -0.2) is 92.1 Å². The average Bonchev–Trinajstić information content (AvgIpc) is 3.57. The molecule has 1 aromatic rings. The van der Waals surface area contributed by atoms with Crippen LogP contribution in [0, 0.1) is 6.92 Å². The van der Waals surface area contributed by atoms with Gasteiger partial charge < -0.3 is 25.4 Å². The van der Waals surface area contributed by atoms with Gasteiger partial charge in [-0.1, -0.05) is 29.8 Å². The second-order valence-corrected chi connectivity index (χ2v) is 9.09. The molecule has 3 amide bonds. The van der Waals surface area contributed by atoms with Gasteiger partial charge in [0.1, 0.15) is 11.6 Å². The van der Waals surface area contributed by atoms with Crippen molar-refractivity contribution in [3.63, 3.8) is 0 Å². The van der Waals surface area contributed by atoms with Gasteiger partial charge in [-0.2, -0.15) is 0 Å². The van der Waals surface area contributed by atoms with E-state index >= 15 is 0 Å². The lowest BCUT2D eigenvalue weighted by Gasteiger charge is -2.26. The fourth-order valence-corrected chi connectivity index (χ4v) is 3.67. The summed E-state index contributed by atoms with van der Waals surface area (Å²) < 4.78 is 10.5. The highest BCUT2D eigenvalue weighted by Gasteiger charge is 2.50. The number of epoxide rings is 1. The van der Waals surface area contributed by atoms with E-state index in [1.54, 1.807) is 13.8 Å². The molecule has 0 aromatic heterocycles. The Kier molecular flexibility index (Phi) is 8.76. The maximum atomic E-state index is 12.9. The van der Waals surface area contributed by atoms with E-state index in [2.05, 4.69) is 16.0 Å². The van der Waals surface area contributed by atoms with Crippen molar-refractivity contribution in [2.45, 2.75) is 44.9 Å². The first-order valence-electron chi connectivity index (χ1n) is 11.6. The highest BCUT2D eigenvalue weighted by atomic mass is 16.6. The lowest BCUT2D eigenvalue weighted by atomic mass is 9.94. The molecule has 2 heterocycles. The number of nitrogens with zero attached hydrogens (tertiary/aromatic N) is 1. The van der Waals surface area contributed by atoms with Crippen LogP contribution in [-0.2, 0) is 35.1 Å². The van der Waals surface area contributed by atoms with Crippen molar-refractivity contribution >= 4 is 23.5 Å². The molecule has 3 rings (SSSR count). The molecule has 0 spiro atoms.